The summed E-state index contributed by atoms with van der Waals surface area (Å²) in [4.78, 5) is 3.95. The van der Waals surface area contributed by atoms with E-state index < -0.39 is 0 Å². The highest BCUT2D eigenvalue weighted by molar-refractivity contribution is 6.17. The molecule has 6 heteroatoms. The van der Waals surface area contributed by atoms with Gasteiger partial charge in [-0.3, -0.25) is 0 Å². The van der Waals surface area contributed by atoms with Crippen LogP contribution in [0.4, 0.5) is 5.69 Å². The second-order valence-corrected chi connectivity index (χ2v) is 12.6. The largest absolute Gasteiger partial charge is 0.456 e. The first-order valence-corrected chi connectivity index (χ1v) is 16.5. The summed E-state index contributed by atoms with van der Waals surface area (Å²) in [6, 6.07) is 51.0. The third kappa shape index (κ3) is 3.95. The van der Waals surface area contributed by atoms with E-state index in [0.29, 0.717) is 22.5 Å². The maximum absolute atomic E-state index is 10.7. The van der Waals surface area contributed by atoms with Crippen molar-refractivity contribution in [2.75, 3.05) is 0 Å². The van der Waals surface area contributed by atoms with Crippen molar-refractivity contribution in [1.82, 2.24) is 9.13 Å². The number of aromatic nitrogens is 2. The molecule has 0 aliphatic heterocycles. The van der Waals surface area contributed by atoms with Crippen LogP contribution < -0.4 is 0 Å². The molecule has 3 aromatic heterocycles. The van der Waals surface area contributed by atoms with Gasteiger partial charge in [-0.1, -0.05) is 84.9 Å². The lowest BCUT2D eigenvalue weighted by atomic mass is 9.93. The molecule has 6 nitrogen and oxygen atoms in total. The maximum atomic E-state index is 10.7. The van der Waals surface area contributed by atoms with Gasteiger partial charge in [0.2, 0.25) is 0 Å². The summed E-state index contributed by atoms with van der Waals surface area (Å²) in [5.74, 6) is 0. The first-order valence-electron chi connectivity index (χ1n) is 16.5. The highest BCUT2D eigenvalue weighted by Gasteiger charge is 2.24. The summed E-state index contributed by atoms with van der Waals surface area (Å²) in [7, 11) is 0. The second kappa shape index (κ2) is 10.7. The zero-order valence-corrected chi connectivity index (χ0v) is 26.9. The predicted octanol–water partition coefficient (Wildman–Crippen LogP) is 11.7. The van der Waals surface area contributed by atoms with Crippen LogP contribution in [0.5, 0.6) is 0 Å². The van der Waals surface area contributed by atoms with E-state index in [1.54, 1.807) is 6.07 Å². The Kier molecular flexibility index (Phi) is 5.97. The smallest absolute Gasteiger partial charge is 0.198 e. The van der Waals surface area contributed by atoms with E-state index in [0.717, 1.165) is 60.5 Å². The van der Waals surface area contributed by atoms with Crippen LogP contribution in [0.25, 0.3) is 92.9 Å². The summed E-state index contributed by atoms with van der Waals surface area (Å²) in [6.07, 6.45) is 0. The number of nitriles is 2. The van der Waals surface area contributed by atoms with Crippen molar-refractivity contribution in [1.29, 1.82) is 10.5 Å². The molecular formula is C45H23N5O. The van der Waals surface area contributed by atoms with Gasteiger partial charge in [0.05, 0.1) is 51.5 Å². The average molecular weight is 650 g/mol. The first-order chi connectivity index (χ1) is 25.2. The van der Waals surface area contributed by atoms with Crippen LogP contribution in [0.3, 0.4) is 0 Å². The summed E-state index contributed by atoms with van der Waals surface area (Å²) in [5, 5.41) is 27.7. The second-order valence-electron chi connectivity index (χ2n) is 12.6. The SMILES string of the molecule is [C-]#[N+]c1cc(-n2c3ccccc3c3cc4oc5ccccc5c4cc32)c(C#N)c(C#N)c1-c1ccc(-n2c3ccccc3c3ccccc32)cc1. The molecule has 0 saturated heterocycles. The molecule has 0 saturated carbocycles. The highest BCUT2D eigenvalue weighted by Crippen LogP contribution is 2.43. The van der Waals surface area contributed by atoms with Crippen LogP contribution in [0.15, 0.2) is 144 Å². The van der Waals surface area contributed by atoms with Crippen molar-refractivity contribution < 1.29 is 4.42 Å². The Hall–Kier alpha value is -7.59. The zero-order chi connectivity index (χ0) is 34.2. The van der Waals surface area contributed by atoms with Crippen molar-refractivity contribution >= 4 is 71.2 Å². The first kappa shape index (κ1) is 28.4. The molecule has 234 valence electrons. The van der Waals surface area contributed by atoms with E-state index in [9.17, 15) is 10.5 Å². The average Bonchev–Trinajstić information content (AvgIpc) is 3.83. The number of benzene rings is 7. The lowest BCUT2D eigenvalue weighted by molar-refractivity contribution is 0.669. The lowest BCUT2D eigenvalue weighted by Crippen LogP contribution is -2.02. The highest BCUT2D eigenvalue weighted by atomic mass is 16.3. The van der Waals surface area contributed by atoms with Gasteiger partial charge in [-0.15, -0.1) is 0 Å². The molecule has 0 unspecified atom stereocenters. The zero-order valence-electron chi connectivity index (χ0n) is 26.9. The Labute approximate surface area is 291 Å². The van der Waals surface area contributed by atoms with Crippen molar-refractivity contribution in [3.05, 3.63) is 162 Å². The van der Waals surface area contributed by atoms with Crippen LogP contribution in [0, 0.1) is 29.2 Å². The minimum atomic E-state index is 0.173. The van der Waals surface area contributed by atoms with Gasteiger partial charge in [0, 0.05) is 43.6 Å². The minimum Gasteiger partial charge on any atom is -0.456 e. The van der Waals surface area contributed by atoms with Gasteiger partial charge in [0.15, 0.2) is 5.69 Å². The number of para-hydroxylation sites is 4. The summed E-state index contributed by atoms with van der Waals surface area (Å²) < 4.78 is 10.5. The van der Waals surface area contributed by atoms with E-state index in [1.165, 1.54) is 10.8 Å². The lowest BCUT2D eigenvalue weighted by Gasteiger charge is -2.16. The molecule has 10 rings (SSSR count). The topological polar surface area (TPSA) is 74.9 Å². The summed E-state index contributed by atoms with van der Waals surface area (Å²) in [5.41, 5.74) is 8.74. The minimum absolute atomic E-state index is 0.173. The molecular weight excluding hydrogens is 627 g/mol. The maximum Gasteiger partial charge on any atom is 0.198 e. The molecule has 0 fully saturated rings. The number of furan rings is 1. The molecule has 0 bridgehead atoms. The molecule has 10 aromatic rings. The van der Waals surface area contributed by atoms with Gasteiger partial charge in [0.1, 0.15) is 17.2 Å². The molecule has 0 radical (unpaired) electrons. The molecule has 0 spiro atoms. The molecule has 0 aliphatic carbocycles. The van der Waals surface area contributed by atoms with Gasteiger partial charge in [0.25, 0.3) is 0 Å². The molecule has 7 aromatic carbocycles. The predicted molar refractivity (Wildman–Crippen MR) is 204 cm³/mol. The van der Waals surface area contributed by atoms with Crippen LogP contribution in [0.2, 0.25) is 0 Å². The van der Waals surface area contributed by atoms with Gasteiger partial charge in [-0.2, -0.15) is 10.5 Å². The fourth-order valence-electron chi connectivity index (χ4n) is 7.86. The van der Waals surface area contributed by atoms with Gasteiger partial charge in [-0.05, 0) is 60.2 Å². The van der Waals surface area contributed by atoms with Gasteiger partial charge < -0.3 is 13.6 Å². The molecule has 0 amide bonds. The third-order valence-corrected chi connectivity index (χ3v) is 10.0. The standard InChI is InChI=1S/C45H23N5O/c1-48-37-24-42(50-40-16-8-4-12-31(40)33-23-44-34(22-41(33)50)32-13-5-9-17-43(32)51-44)35(25-46)36(26-47)45(37)27-18-20-28(21-19-27)49-38-14-6-2-10-29(38)30-11-3-7-15-39(30)49/h2-24H. The van der Waals surface area contributed by atoms with Gasteiger partial charge in [-0.25, -0.2) is 4.85 Å². The summed E-state index contributed by atoms with van der Waals surface area (Å²) >= 11 is 0. The number of hydrogen-bond donors (Lipinski definition) is 0. The molecule has 0 aliphatic rings. The Morgan fingerprint density at radius 3 is 1.71 bits per heavy atom. The fraction of sp³-hybridized carbons (Fsp3) is 0. The van der Waals surface area contributed by atoms with Crippen LogP contribution in [0.1, 0.15) is 11.1 Å². The Morgan fingerprint density at radius 2 is 1.08 bits per heavy atom. The van der Waals surface area contributed by atoms with Gasteiger partial charge >= 0.3 is 0 Å². The number of fused-ring (bicyclic) bond motifs is 9. The van der Waals surface area contributed by atoms with E-state index in [4.69, 9.17) is 11.0 Å². The molecule has 0 atom stereocenters. The van der Waals surface area contributed by atoms with Crippen molar-refractivity contribution in [2.45, 2.75) is 0 Å². The van der Waals surface area contributed by atoms with E-state index in [1.807, 2.05) is 108 Å². The van der Waals surface area contributed by atoms with E-state index in [-0.39, 0.29) is 11.1 Å². The van der Waals surface area contributed by atoms with Crippen LogP contribution >= 0.6 is 0 Å². The van der Waals surface area contributed by atoms with E-state index in [2.05, 4.69) is 51.9 Å². The van der Waals surface area contributed by atoms with Crippen molar-refractivity contribution in [3.8, 4) is 34.6 Å². The Balaban J connectivity index is 1.20. The number of nitrogens with zero attached hydrogens (tertiary/aromatic N) is 5. The number of rotatable bonds is 3. The van der Waals surface area contributed by atoms with Crippen molar-refractivity contribution in [3.63, 3.8) is 0 Å². The van der Waals surface area contributed by atoms with Crippen LogP contribution in [-0.2, 0) is 0 Å². The van der Waals surface area contributed by atoms with Crippen LogP contribution in [-0.4, -0.2) is 9.13 Å². The number of hydrogen-bond acceptors (Lipinski definition) is 3. The summed E-state index contributed by atoms with van der Waals surface area (Å²) in [6.45, 7) is 8.30. The molecule has 0 N–H and O–H groups in total. The molecule has 51 heavy (non-hydrogen) atoms. The third-order valence-electron chi connectivity index (χ3n) is 10.0. The normalized spacial score (nSPS) is 11.5. The Morgan fingerprint density at radius 1 is 0.510 bits per heavy atom. The van der Waals surface area contributed by atoms with E-state index >= 15 is 0 Å². The Bertz CT molecular complexity index is 3170. The van der Waals surface area contributed by atoms with Crippen molar-refractivity contribution in [2.24, 2.45) is 0 Å². The molecule has 3 heterocycles. The quantitative estimate of drug-likeness (QED) is 0.179. The fourth-order valence-corrected chi connectivity index (χ4v) is 7.86. The monoisotopic (exact) mass is 649 g/mol.